The molecule has 24 heavy (non-hydrogen) atoms. The number of carbonyl (C=O) groups excluding carboxylic acids is 3. The SMILES string of the molecule is Cc1ccc(OC(=O)CCN2C(=O)[C@H]3CCCC[C@H]3C2=O)c(Br)c1. The first-order chi connectivity index (χ1) is 11.5. The van der Waals surface area contributed by atoms with Crippen molar-refractivity contribution in [2.45, 2.75) is 39.0 Å². The molecule has 0 bridgehead atoms. The third-order valence-corrected chi connectivity index (χ3v) is 5.40. The summed E-state index contributed by atoms with van der Waals surface area (Å²) < 4.78 is 6.02. The Labute approximate surface area is 149 Å². The number of amides is 2. The topological polar surface area (TPSA) is 63.7 Å². The van der Waals surface area contributed by atoms with Gasteiger partial charge in [-0.1, -0.05) is 18.9 Å². The highest BCUT2D eigenvalue weighted by Crippen LogP contribution is 2.38. The Morgan fingerprint density at radius 3 is 2.42 bits per heavy atom. The molecule has 1 heterocycles. The van der Waals surface area contributed by atoms with Gasteiger partial charge in [0.2, 0.25) is 11.8 Å². The van der Waals surface area contributed by atoms with Gasteiger partial charge in [0.05, 0.1) is 22.7 Å². The standard InChI is InChI=1S/C18H20BrNO4/c1-11-6-7-15(14(19)10-11)24-16(21)8-9-20-17(22)12-4-2-3-5-13(12)18(20)23/h6-7,10,12-13H,2-5,8-9H2,1H3/t12-,13+. The minimum Gasteiger partial charge on any atom is -0.425 e. The summed E-state index contributed by atoms with van der Waals surface area (Å²) in [5, 5.41) is 0. The number of nitrogens with zero attached hydrogens (tertiary/aromatic N) is 1. The fraction of sp³-hybridized carbons (Fsp3) is 0.500. The predicted octanol–water partition coefficient (Wildman–Crippen LogP) is 3.23. The average molecular weight is 394 g/mol. The first-order valence-corrected chi connectivity index (χ1v) is 9.08. The molecular weight excluding hydrogens is 374 g/mol. The lowest BCUT2D eigenvalue weighted by atomic mass is 9.81. The number of hydrogen-bond donors (Lipinski definition) is 0. The Hall–Kier alpha value is -1.69. The molecule has 6 heteroatoms. The van der Waals surface area contributed by atoms with Gasteiger partial charge in [-0.05, 0) is 53.4 Å². The molecule has 0 N–H and O–H groups in total. The largest absolute Gasteiger partial charge is 0.425 e. The van der Waals surface area contributed by atoms with Crippen molar-refractivity contribution in [3.05, 3.63) is 28.2 Å². The van der Waals surface area contributed by atoms with E-state index in [4.69, 9.17) is 4.74 Å². The lowest BCUT2D eigenvalue weighted by Gasteiger charge is -2.19. The van der Waals surface area contributed by atoms with Crippen molar-refractivity contribution < 1.29 is 19.1 Å². The maximum absolute atomic E-state index is 12.4. The summed E-state index contributed by atoms with van der Waals surface area (Å²) in [6.07, 6.45) is 3.57. The molecule has 2 atom stereocenters. The second-order valence-electron chi connectivity index (χ2n) is 6.48. The fourth-order valence-electron chi connectivity index (χ4n) is 3.52. The zero-order valence-electron chi connectivity index (χ0n) is 13.6. The van der Waals surface area contributed by atoms with Crippen LogP contribution in [0.3, 0.4) is 0 Å². The van der Waals surface area contributed by atoms with E-state index in [0.717, 1.165) is 31.2 Å². The van der Waals surface area contributed by atoms with E-state index in [-0.39, 0.29) is 36.6 Å². The molecule has 1 saturated heterocycles. The van der Waals surface area contributed by atoms with Crippen molar-refractivity contribution in [3.8, 4) is 5.75 Å². The molecule has 1 aliphatic heterocycles. The minimum absolute atomic E-state index is 0.0111. The monoisotopic (exact) mass is 393 g/mol. The van der Waals surface area contributed by atoms with E-state index in [9.17, 15) is 14.4 Å². The molecule has 1 aromatic rings. The number of hydrogen-bond acceptors (Lipinski definition) is 4. The molecule has 2 amide bonds. The molecule has 5 nitrogen and oxygen atoms in total. The zero-order chi connectivity index (χ0) is 17.3. The second-order valence-corrected chi connectivity index (χ2v) is 7.34. The molecule has 3 rings (SSSR count). The van der Waals surface area contributed by atoms with Crippen molar-refractivity contribution in [2.75, 3.05) is 6.54 Å². The molecule has 0 radical (unpaired) electrons. The van der Waals surface area contributed by atoms with Crippen LogP contribution in [0.2, 0.25) is 0 Å². The molecule has 1 saturated carbocycles. The normalized spacial score (nSPS) is 23.3. The van der Waals surface area contributed by atoms with Crippen LogP contribution in [0, 0.1) is 18.8 Å². The van der Waals surface area contributed by atoms with Crippen LogP contribution in [-0.4, -0.2) is 29.2 Å². The first kappa shape index (κ1) is 17.1. The summed E-state index contributed by atoms with van der Waals surface area (Å²) in [6.45, 7) is 2.05. The molecule has 1 aliphatic carbocycles. The lowest BCUT2D eigenvalue weighted by molar-refractivity contribution is -0.141. The number of likely N-dealkylation sites (tertiary alicyclic amines) is 1. The Morgan fingerprint density at radius 2 is 1.83 bits per heavy atom. The summed E-state index contributed by atoms with van der Waals surface area (Å²) in [5.41, 5.74) is 1.05. The highest BCUT2D eigenvalue weighted by atomic mass is 79.9. The number of fused-ring (bicyclic) bond motifs is 1. The maximum Gasteiger partial charge on any atom is 0.313 e. The molecular formula is C18H20BrNO4. The zero-order valence-corrected chi connectivity index (χ0v) is 15.2. The summed E-state index contributed by atoms with van der Waals surface area (Å²) in [6, 6.07) is 5.43. The maximum atomic E-state index is 12.4. The number of aryl methyl sites for hydroxylation is 1. The highest BCUT2D eigenvalue weighted by molar-refractivity contribution is 9.10. The van der Waals surface area contributed by atoms with Gasteiger partial charge in [0.1, 0.15) is 5.75 Å². The van der Waals surface area contributed by atoms with Gasteiger partial charge in [-0.25, -0.2) is 0 Å². The number of imide groups is 1. The molecule has 0 spiro atoms. The fourth-order valence-corrected chi connectivity index (χ4v) is 4.09. The minimum atomic E-state index is -0.449. The quantitative estimate of drug-likeness (QED) is 0.447. The smallest absolute Gasteiger partial charge is 0.313 e. The predicted molar refractivity (Wildman–Crippen MR) is 91.3 cm³/mol. The van der Waals surface area contributed by atoms with Gasteiger partial charge in [0, 0.05) is 6.54 Å². The van der Waals surface area contributed by atoms with E-state index in [1.165, 1.54) is 4.90 Å². The van der Waals surface area contributed by atoms with Crippen molar-refractivity contribution >= 4 is 33.7 Å². The summed E-state index contributed by atoms with van der Waals surface area (Å²) in [7, 11) is 0. The molecule has 0 aromatic heterocycles. The number of benzene rings is 1. The van der Waals surface area contributed by atoms with E-state index in [2.05, 4.69) is 15.9 Å². The molecule has 1 aromatic carbocycles. The van der Waals surface area contributed by atoms with Crippen molar-refractivity contribution in [1.82, 2.24) is 4.90 Å². The van der Waals surface area contributed by atoms with Gasteiger partial charge >= 0.3 is 5.97 Å². The van der Waals surface area contributed by atoms with E-state index < -0.39 is 5.97 Å². The number of rotatable bonds is 4. The van der Waals surface area contributed by atoms with E-state index >= 15 is 0 Å². The van der Waals surface area contributed by atoms with Crippen molar-refractivity contribution in [1.29, 1.82) is 0 Å². The van der Waals surface area contributed by atoms with Crippen LogP contribution in [-0.2, 0) is 14.4 Å². The van der Waals surface area contributed by atoms with Gasteiger partial charge in [-0.2, -0.15) is 0 Å². The third kappa shape index (κ3) is 3.38. The second kappa shape index (κ2) is 7.05. The third-order valence-electron chi connectivity index (χ3n) is 4.78. The molecule has 2 aliphatic rings. The Balaban J connectivity index is 1.58. The van der Waals surface area contributed by atoms with Gasteiger partial charge in [-0.3, -0.25) is 19.3 Å². The summed E-state index contributed by atoms with van der Waals surface area (Å²) in [4.78, 5) is 38.0. The molecule has 0 unspecified atom stereocenters. The van der Waals surface area contributed by atoms with Crippen molar-refractivity contribution in [3.63, 3.8) is 0 Å². The lowest BCUT2D eigenvalue weighted by Crippen LogP contribution is -2.33. The van der Waals surface area contributed by atoms with Gasteiger partial charge in [-0.15, -0.1) is 0 Å². The van der Waals surface area contributed by atoms with E-state index in [1.54, 1.807) is 6.07 Å². The van der Waals surface area contributed by atoms with Crippen LogP contribution >= 0.6 is 15.9 Å². The van der Waals surface area contributed by atoms with Crippen LogP contribution in [0.15, 0.2) is 22.7 Å². The van der Waals surface area contributed by atoms with Gasteiger partial charge in [0.25, 0.3) is 0 Å². The van der Waals surface area contributed by atoms with E-state index in [1.807, 2.05) is 19.1 Å². The number of esters is 1. The number of ether oxygens (including phenoxy) is 1. The Kier molecular flexibility index (Phi) is 5.04. The van der Waals surface area contributed by atoms with Crippen LogP contribution in [0.1, 0.15) is 37.7 Å². The average Bonchev–Trinajstić information content (AvgIpc) is 2.80. The van der Waals surface area contributed by atoms with Crippen molar-refractivity contribution in [2.24, 2.45) is 11.8 Å². The molecule has 128 valence electrons. The Morgan fingerprint density at radius 1 is 1.21 bits per heavy atom. The summed E-state index contributed by atoms with van der Waals surface area (Å²) in [5.74, 6) is -0.585. The first-order valence-electron chi connectivity index (χ1n) is 8.29. The van der Waals surface area contributed by atoms with Crippen LogP contribution in [0.4, 0.5) is 0 Å². The van der Waals surface area contributed by atoms with Crippen LogP contribution < -0.4 is 4.74 Å². The van der Waals surface area contributed by atoms with Gasteiger partial charge < -0.3 is 4.74 Å². The van der Waals surface area contributed by atoms with E-state index in [0.29, 0.717) is 10.2 Å². The van der Waals surface area contributed by atoms with Gasteiger partial charge in [0.15, 0.2) is 0 Å². The van der Waals surface area contributed by atoms with Crippen LogP contribution in [0.25, 0.3) is 0 Å². The number of halogens is 1. The highest BCUT2D eigenvalue weighted by Gasteiger charge is 2.47. The molecule has 2 fully saturated rings. The Bertz CT molecular complexity index is 664. The summed E-state index contributed by atoms with van der Waals surface area (Å²) >= 11 is 3.36. The van der Waals surface area contributed by atoms with Crippen LogP contribution in [0.5, 0.6) is 5.75 Å². The number of carbonyl (C=O) groups is 3.